The Balaban J connectivity index is 2.29. The van der Waals surface area contributed by atoms with Crippen molar-refractivity contribution in [3.05, 3.63) is 33.8 Å². The smallest absolute Gasteiger partial charge is 0.339 e. The first-order valence-corrected chi connectivity index (χ1v) is 6.97. The van der Waals surface area contributed by atoms with E-state index in [0.29, 0.717) is 5.69 Å². The molecule has 0 radical (unpaired) electrons. The van der Waals surface area contributed by atoms with E-state index >= 15 is 0 Å². The third-order valence-corrected chi connectivity index (χ3v) is 3.67. The van der Waals surface area contributed by atoms with Gasteiger partial charge in [-0.3, -0.25) is 14.0 Å². The van der Waals surface area contributed by atoms with Gasteiger partial charge in [-0.2, -0.15) is 23.4 Å². The van der Waals surface area contributed by atoms with Crippen LogP contribution >= 0.6 is 0 Å². The fourth-order valence-corrected chi connectivity index (χ4v) is 2.40. The van der Waals surface area contributed by atoms with E-state index in [9.17, 15) is 22.8 Å². The van der Waals surface area contributed by atoms with E-state index in [1.54, 1.807) is 0 Å². The van der Waals surface area contributed by atoms with E-state index in [2.05, 4.69) is 10.2 Å². The zero-order valence-corrected chi connectivity index (χ0v) is 13.5. The molecule has 8 nitrogen and oxygen atoms in total. The van der Waals surface area contributed by atoms with Gasteiger partial charge in [0.2, 0.25) is 5.91 Å². The Morgan fingerprint density at radius 3 is 2.38 bits per heavy atom. The second-order valence-electron chi connectivity index (χ2n) is 5.43. The fourth-order valence-electron chi connectivity index (χ4n) is 2.40. The maximum absolute atomic E-state index is 13.4. The maximum Gasteiger partial charge on any atom is 0.413 e. The molecule has 11 heteroatoms. The maximum atomic E-state index is 13.4. The third kappa shape index (κ3) is 3.34. The third-order valence-electron chi connectivity index (χ3n) is 3.67. The number of hydrogen-bond acceptors (Lipinski definition) is 4. The van der Waals surface area contributed by atoms with Crippen molar-refractivity contribution in [1.29, 1.82) is 0 Å². The molecular weight excluding hydrogens is 329 g/mol. The molecule has 0 spiro atoms. The summed E-state index contributed by atoms with van der Waals surface area (Å²) in [6, 6.07) is -2.21. The van der Waals surface area contributed by atoms with Gasteiger partial charge in [0.15, 0.2) is 6.04 Å². The highest BCUT2D eigenvalue weighted by Crippen LogP contribution is 2.35. The number of alkyl halides is 3. The first-order valence-electron chi connectivity index (χ1n) is 6.97. The Morgan fingerprint density at radius 2 is 1.96 bits per heavy atom. The van der Waals surface area contributed by atoms with Crippen LogP contribution in [0.15, 0.2) is 11.1 Å². The molecule has 0 saturated carbocycles. The summed E-state index contributed by atoms with van der Waals surface area (Å²) in [4.78, 5) is 23.6. The number of amides is 1. The van der Waals surface area contributed by atoms with Gasteiger partial charge in [-0.05, 0) is 13.8 Å². The number of rotatable bonds is 4. The van der Waals surface area contributed by atoms with E-state index < -0.39 is 30.4 Å². The van der Waals surface area contributed by atoms with Crippen molar-refractivity contribution in [3.8, 4) is 0 Å². The number of carbonyl (C=O) groups is 1. The number of aryl methyl sites for hydroxylation is 3. The number of halogens is 3. The lowest BCUT2D eigenvalue weighted by Gasteiger charge is -2.22. The molecule has 132 valence electrons. The second kappa shape index (κ2) is 6.13. The van der Waals surface area contributed by atoms with Crippen LogP contribution in [-0.2, 0) is 25.4 Å². The average Bonchev–Trinajstić information content (AvgIpc) is 2.89. The molecule has 0 fully saturated rings. The summed E-state index contributed by atoms with van der Waals surface area (Å²) in [5.41, 5.74) is -0.230. The van der Waals surface area contributed by atoms with Gasteiger partial charge in [0.1, 0.15) is 12.9 Å². The van der Waals surface area contributed by atoms with Gasteiger partial charge in [0, 0.05) is 25.4 Å². The van der Waals surface area contributed by atoms with Gasteiger partial charge < -0.3 is 5.32 Å². The molecule has 0 aliphatic heterocycles. The van der Waals surface area contributed by atoms with Crippen LogP contribution in [0.2, 0.25) is 0 Å². The Morgan fingerprint density at radius 1 is 1.33 bits per heavy atom. The Hall–Kier alpha value is -2.59. The van der Waals surface area contributed by atoms with Crippen LogP contribution in [0.25, 0.3) is 0 Å². The summed E-state index contributed by atoms with van der Waals surface area (Å²) < 4.78 is 43.5. The molecule has 1 unspecified atom stereocenters. The van der Waals surface area contributed by atoms with E-state index in [0.717, 1.165) is 9.25 Å². The second-order valence-corrected chi connectivity index (χ2v) is 5.43. The lowest BCUT2D eigenvalue weighted by Crippen LogP contribution is -2.41. The molecule has 24 heavy (non-hydrogen) atoms. The van der Waals surface area contributed by atoms with Gasteiger partial charge in [-0.1, -0.05) is 0 Å². The fraction of sp³-hybridized carbons (Fsp3) is 0.538. The van der Waals surface area contributed by atoms with Crippen molar-refractivity contribution in [1.82, 2.24) is 29.4 Å². The van der Waals surface area contributed by atoms with Gasteiger partial charge in [0.05, 0.1) is 5.69 Å². The van der Waals surface area contributed by atoms with Crippen LogP contribution in [0, 0.1) is 13.8 Å². The summed E-state index contributed by atoms with van der Waals surface area (Å²) >= 11 is 0. The molecule has 0 saturated heterocycles. The van der Waals surface area contributed by atoms with Gasteiger partial charge in [0.25, 0.3) is 0 Å². The van der Waals surface area contributed by atoms with Crippen molar-refractivity contribution in [3.63, 3.8) is 0 Å². The lowest BCUT2D eigenvalue weighted by molar-refractivity contribution is -0.163. The molecular formula is C13H17F3N6O2. The number of hydrogen-bond donors (Lipinski definition) is 1. The number of nitrogens with zero attached hydrogens (tertiary/aromatic N) is 5. The standard InChI is InChI=1S/C13H17F3N6O2/c1-7-10(8(2)21(4)19-7)11(13(14,15)16)18-9(23)5-22-12(24)20(3)6-17-22/h6,11H,5H2,1-4H3,(H,18,23). The Bertz CT molecular complexity index is 817. The van der Waals surface area contributed by atoms with Gasteiger partial charge >= 0.3 is 11.9 Å². The van der Waals surface area contributed by atoms with E-state index in [-0.39, 0.29) is 11.3 Å². The normalized spacial score (nSPS) is 13.1. The van der Waals surface area contributed by atoms with Crippen molar-refractivity contribution in [2.24, 2.45) is 14.1 Å². The van der Waals surface area contributed by atoms with Crippen LogP contribution in [0.5, 0.6) is 0 Å². The van der Waals surface area contributed by atoms with Crippen molar-refractivity contribution in [2.75, 3.05) is 0 Å². The Kier molecular flexibility index (Phi) is 4.54. The highest BCUT2D eigenvalue weighted by molar-refractivity contribution is 5.76. The highest BCUT2D eigenvalue weighted by Gasteiger charge is 2.44. The van der Waals surface area contributed by atoms with Crippen molar-refractivity contribution >= 4 is 5.91 Å². The number of nitrogens with one attached hydrogen (secondary N) is 1. The predicted octanol–water partition coefficient (Wildman–Crippen LogP) is 0.352. The SMILES string of the molecule is Cc1nn(C)c(C)c1C(NC(=O)Cn1ncn(C)c1=O)C(F)(F)F. The molecule has 0 aliphatic rings. The van der Waals surface area contributed by atoms with Gasteiger partial charge in [-0.25, -0.2) is 9.48 Å². The average molecular weight is 346 g/mol. The minimum Gasteiger partial charge on any atom is -0.339 e. The first kappa shape index (κ1) is 17.8. The largest absolute Gasteiger partial charge is 0.413 e. The van der Waals surface area contributed by atoms with E-state index in [4.69, 9.17) is 0 Å². The minimum atomic E-state index is -4.71. The quantitative estimate of drug-likeness (QED) is 0.866. The molecule has 0 aromatic carbocycles. The summed E-state index contributed by atoms with van der Waals surface area (Å²) in [6.45, 7) is 2.32. The van der Waals surface area contributed by atoms with E-state index in [1.807, 2.05) is 5.32 Å². The molecule has 1 amide bonds. The van der Waals surface area contributed by atoms with Gasteiger partial charge in [-0.15, -0.1) is 0 Å². The predicted molar refractivity (Wildman–Crippen MR) is 77.1 cm³/mol. The Labute approximate surface area is 134 Å². The van der Waals surface area contributed by atoms with Crippen LogP contribution in [-0.4, -0.2) is 36.2 Å². The zero-order chi connectivity index (χ0) is 18.2. The molecule has 1 N–H and O–H groups in total. The highest BCUT2D eigenvalue weighted by atomic mass is 19.4. The molecule has 2 rings (SSSR count). The van der Waals surface area contributed by atoms with Crippen LogP contribution < -0.4 is 11.0 Å². The summed E-state index contributed by atoms with van der Waals surface area (Å²) in [5, 5.41) is 9.52. The van der Waals surface area contributed by atoms with Crippen molar-refractivity contribution < 1.29 is 18.0 Å². The van der Waals surface area contributed by atoms with Crippen molar-refractivity contribution in [2.45, 2.75) is 32.6 Å². The monoisotopic (exact) mass is 346 g/mol. The summed E-state index contributed by atoms with van der Waals surface area (Å²) in [7, 11) is 2.94. The van der Waals surface area contributed by atoms with E-state index in [1.165, 1.54) is 39.0 Å². The minimum absolute atomic E-state index is 0.105. The topological polar surface area (TPSA) is 86.7 Å². The molecule has 1 atom stereocenters. The molecule has 2 heterocycles. The molecule has 2 aromatic heterocycles. The number of carbonyl (C=O) groups excluding carboxylic acids is 1. The lowest BCUT2D eigenvalue weighted by atomic mass is 10.0. The molecule has 0 bridgehead atoms. The summed E-state index contributed by atoms with van der Waals surface area (Å²) in [5.74, 6) is -0.972. The first-order chi connectivity index (χ1) is 11.0. The summed E-state index contributed by atoms with van der Waals surface area (Å²) in [6.07, 6.45) is -3.53. The van der Waals surface area contributed by atoms with Crippen LogP contribution in [0.1, 0.15) is 23.0 Å². The zero-order valence-electron chi connectivity index (χ0n) is 13.5. The molecule has 2 aromatic rings. The van der Waals surface area contributed by atoms with Crippen LogP contribution in [0.3, 0.4) is 0 Å². The number of aromatic nitrogens is 5. The van der Waals surface area contributed by atoms with Crippen LogP contribution in [0.4, 0.5) is 13.2 Å². The molecule has 0 aliphatic carbocycles.